The number of nitrogens with one attached hydrogen (secondary N) is 2. The molecule has 1 heterocycles. The summed E-state index contributed by atoms with van der Waals surface area (Å²) >= 11 is 0. The van der Waals surface area contributed by atoms with Gasteiger partial charge in [-0.1, -0.05) is 12.1 Å². The fourth-order valence-electron chi connectivity index (χ4n) is 2.21. The smallest absolute Gasteiger partial charge is 0.313 e. The van der Waals surface area contributed by atoms with Gasteiger partial charge in [-0.2, -0.15) is 5.10 Å². The Morgan fingerprint density at radius 3 is 2.62 bits per heavy atom. The summed E-state index contributed by atoms with van der Waals surface area (Å²) in [4.78, 5) is 33.0. The van der Waals surface area contributed by atoms with E-state index in [4.69, 9.17) is 4.74 Å². The molecule has 24 heavy (non-hydrogen) atoms. The van der Waals surface area contributed by atoms with Gasteiger partial charge in [0.15, 0.2) is 0 Å². The summed E-state index contributed by atoms with van der Waals surface area (Å²) in [5.41, 5.74) is 5.30. The molecular formula is C17H21N3O4. The summed E-state index contributed by atoms with van der Waals surface area (Å²) in [7, 11) is 0. The number of ether oxygens (including phenoxy) is 1. The molecule has 1 amide bonds. The van der Waals surface area contributed by atoms with Crippen LogP contribution in [0.5, 0.6) is 0 Å². The average Bonchev–Trinajstić information content (AvgIpc) is 2.55. The first-order valence-corrected chi connectivity index (χ1v) is 7.89. The zero-order valence-electron chi connectivity index (χ0n) is 13.6. The lowest BCUT2D eigenvalue weighted by Gasteiger charge is -2.13. The molecule has 2 N–H and O–H groups in total. The van der Waals surface area contributed by atoms with E-state index in [-0.39, 0.29) is 24.7 Å². The number of carbonyl (C=O) groups excluding carboxylic acids is 3. The lowest BCUT2D eigenvalue weighted by molar-refractivity contribution is -0.145. The van der Waals surface area contributed by atoms with Crippen molar-refractivity contribution in [3.05, 3.63) is 29.8 Å². The zero-order chi connectivity index (χ0) is 17.4. The van der Waals surface area contributed by atoms with E-state index < -0.39 is 5.97 Å². The van der Waals surface area contributed by atoms with Gasteiger partial charge in [-0.05, 0) is 31.0 Å². The van der Waals surface area contributed by atoms with E-state index in [2.05, 4.69) is 15.8 Å². The normalized spacial score (nSPS) is 13.7. The highest BCUT2D eigenvalue weighted by Gasteiger charge is 2.12. The van der Waals surface area contributed by atoms with Crippen molar-refractivity contribution in [1.82, 2.24) is 5.43 Å². The minimum absolute atomic E-state index is 0.0546. The van der Waals surface area contributed by atoms with Crippen molar-refractivity contribution in [2.24, 2.45) is 5.10 Å². The van der Waals surface area contributed by atoms with Crippen LogP contribution < -0.4 is 10.7 Å². The quantitative estimate of drug-likeness (QED) is 0.429. The van der Waals surface area contributed by atoms with Crippen LogP contribution in [0.4, 0.5) is 5.69 Å². The Morgan fingerprint density at radius 2 is 2.00 bits per heavy atom. The molecule has 1 aliphatic heterocycles. The molecule has 2 rings (SSSR count). The Balaban J connectivity index is 1.70. The van der Waals surface area contributed by atoms with Gasteiger partial charge in [0.1, 0.15) is 12.2 Å². The molecule has 0 spiro atoms. The molecule has 0 aliphatic carbocycles. The van der Waals surface area contributed by atoms with Crippen LogP contribution in [0.1, 0.15) is 38.2 Å². The zero-order valence-corrected chi connectivity index (χ0v) is 13.6. The van der Waals surface area contributed by atoms with Gasteiger partial charge >= 0.3 is 5.97 Å². The van der Waals surface area contributed by atoms with Crippen molar-refractivity contribution in [3.8, 4) is 0 Å². The molecule has 1 aromatic rings. The molecule has 0 atom stereocenters. The number of ketones is 1. The fraction of sp³-hybridized carbons (Fsp3) is 0.412. The topological polar surface area (TPSA) is 96.9 Å². The number of rotatable bonds is 8. The third-order valence-corrected chi connectivity index (χ3v) is 3.43. The van der Waals surface area contributed by atoms with Gasteiger partial charge in [-0.15, -0.1) is 0 Å². The van der Waals surface area contributed by atoms with Crippen LogP contribution in [0.3, 0.4) is 0 Å². The number of anilines is 1. The number of nitrogens with zero attached hydrogens (tertiary/aromatic N) is 1. The summed E-state index contributed by atoms with van der Waals surface area (Å²) in [6.07, 6.45) is 1.59. The van der Waals surface area contributed by atoms with Gasteiger partial charge in [0, 0.05) is 25.1 Å². The first-order chi connectivity index (χ1) is 11.5. The lowest BCUT2D eigenvalue weighted by atomic mass is 10.0. The van der Waals surface area contributed by atoms with Gasteiger partial charge in [-0.3, -0.25) is 14.4 Å². The van der Waals surface area contributed by atoms with E-state index in [0.29, 0.717) is 25.8 Å². The van der Waals surface area contributed by atoms with Crippen molar-refractivity contribution in [1.29, 1.82) is 0 Å². The minimum Gasteiger partial charge on any atom is -0.465 e. The van der Waals surface area contributed by atoms with Crippen LogP contribution in [0, 0.1) is 0 Å². The maximum absolute atomic E-state index is 11.2. The Labute approximate surface area is 140 Å². The molecular weight excluding hydrogens is 310 g/mol. The number of hydrazone groups is 1. The predicted molar refractivity (Wildman–Crippen MR) is 89.7 cm³/mol. The first kappa shape index (κ1) is 17.7. The van der Waals surface area contributed by atoms with Gasteiger partial charge in [0.25, 0.3) is 0 Å². The molecule has 128 valence electrons. The van der Waals surface area contributed by atoms with Gasteiger partial charge < -0.3 is 10.1 Å². The van der Waals surface area contributed by atoms with E-state index in [1.54, 1.807) is 0 Å². The van der Waals surface area contributed by atoms with E-state index in [1.165, 1.54) is 6.92 Å². The lowest BCUT2D eigenvalue weighted by Crippen LogP contribution is -2.25. The number of esters is 1. The minimum atomic E-state index is -0.479. The Kier molecular flexibility index (Phi) is 6.48. The molecule has 7 heteroatoms. The number of carbonyl (C=O) groups is 3. The first-order valence-electron chi connectivity index (χ1n) is 7.89. The fourth-order valence-corrected chi connectivity index (χ4v) is 2.21. The molecule has 0 aromatic heterocycles. The van der Waals surface area contributed by atoms with Crippen molar-refractivity contribution in [2.75, 3.05) is 18.5 Å². The monoisotopic (exact) mass is 331 g/mol. The van der Waals surface area contributed by atoms with Crippen LogP contribution in [0.15, 0.2) is 29.4 Å². The van der Waals surface area contributed by atoms with Crippen molar-refractivity contribution < 1.29 is 19.1 Å². The maximum Gasteiger partial charge on any atom is 0.313 e. The Bertz CT molecular complexity index is 638. The van der Waals surface area contributed by atoms with Crippen LogP contribution in [0.25, 0.3) is 0 Å². The number of Topliss-reactive ketones (excluding diaryl/α,β-unsaturated/α-hetero) is 1. The van der Waals surface area contributed by atoms with Crippen molar-refractivity contribution in [3.63, 3.8) is 0 Å². The molecule has 0 unspecified atom stereocenters. The molecule has 0 saturated heterocycles. The second kappa shape index (κ2) is 8.81. The van der Waals surface area contributed by atoms with Crippen LogP contribution in [-0.4, -0.2) is 36.5 Å². The van der Waals surface area contributed by atoms with Crippen molar-refractivity contribution >= 4 is 29.1 Å². The van der Waals surface area contributed by atoms with Gasteiger partial charge in [-0.25, -0.2) is 5.43 Å². The number of benzene rings is 1. The Morgan fingerprint density at radius 1 is 1.25 bits per heavy atom. The van der Waals surface area contributed by atoms with Gasteiger partial charge in [0.05, 0.1) is 12.3 Å². The van der Waals surface area contributed by atoms with Crippen LogP contribution >= 0.6 is 0 Å². The second-order valence-electron chi connectivity index (χ2n) is 5.55. The highest BCUT2D eigenvalue weighted by molar-refractivity contribution is 6.04. The third-order valence-electron chi connectivity index (χ3n) is 3.43. The van der Waals surface area contributed by atoms with E-state index in [1.807, 2.05) is 24.3 Å². The molecule has 0 saturated carbocycles. The third kappa shape index (κ3) is 5.83. The highest BCUT2D eigenvalue weighted by atomic mass is 16.5. The molecule has 0 fully saturated rings. The largest absolute Gasteiger partial charge is 0.465 e. The Hall–Kier alpha value is -2.70. The maximum atomic E-state index is 11.2. The summed E-state index contributed by atoms with van der Waals surface area (Å²) in [6.45, 7) is 2.30. The van der Waals surface area contributed by atoms with Crippen molar-refractivity contribution in [2.45, 2.75) is 32.6 Å². The number of hydrogen-bond donors (Lipinski definition) is 2. The molecule has 0 radical (unpaired) electrons. The second-order valence-corrected chi connectivity index (χ2v) is 5.55. The highest BCUT2D eigenvalue weighted by Crippen LogP contribution is 2.14. The summed E-state index contributed by atoms with van der Waals surface area (Å²) in [6, 6.07) is 7.78. The van der Waals surface area contributed by atoms with E-state index in [0.717, 1.165) is 17.0 Å². The SMILES string of the molecule is CC(=O)CC(=O)OCCCNc1ccc(C2=NNC(=O)CC2)cc1. The van der Waals surface area contributed by atoms with Crippen LogP contribution in [-0.2, 0) is 19.1 Å². The summed E-state index contributed by atoms with van der Waals surface area (Å²) in [5, 5.41) is 7.29. The summed E-state index contributed by atoms with van der Waals surface area (Å²) < 4.78 is 4.95. The molecule has 1 aromatic carbocycles. The molecule has 0 bridgehead atoms. The molecule has 1 aliphatic rings. The predicted octanol–water partition coefficient (Wildman–Crippen LogP) is 1.62. The number of amides is 1. The average molecular weight is 331 g/mol. The standard InChI is InChI=1S/C17H21N3O4/c1-12(21)11-17(23)24-10-2-9-18-14-5-3-13(4-6-14)15-7-8-16(22)20-19-15/h3-6,18H,2,7-11H2,1H3,(H,20,22). The van der Waals surface area contributed by atoms with E-state index >= 15 is 0 Å². The number of hydrogen-bond acceptors (Lipinski definition) is 6. The molecule has 7 nitrogen and oxygen atoms in total. The van der Waals surface area contributed by atoms with Gasteiger partial charge in [0.2, 0.25) is 5.91 Å². The van der Waals surface area contributed by atoms with Crippen LogP contribution in [0.2, 0.25) is 0 Å². The summed E-state index contributed by atoms with van der Waals surface area (Å²) in [5.74, 6) is -0.728. The van der Waals surface area contributed by atoms with E-state index in [9.17, 15) is 14.4 Å².